The summed E-state index contributed by atoms with van der Waals surface area (Å²) in [6.07, 6.45) is 3.14. The van der Waals surface area contributed by atoms with Crippen LogP contribution in [0.1, 0.15) is 4.88 Å². The minimum Gasteiger partial charge on any atom is -0.395 e. The van der Waals surface area contributed by atoms with E-state index < -0.39 is 0 Å². The molecule has 0 aliphatic rings. The van der Waals surface area contributed by atoms with Gasteiger partial charge in [0.1, 0.15) is 21.3 Å². The summed E-state index contributed by atoms with van der Waals surface area (Å²) in [5.41, 5.74) is 6.69. The van der Waals surface area contributed by atoms with E-state index in [4.69, 9.17) is 11.0 Å². The Kier molecular flexibility index (Phi) is 1.42. The first-order chi connectivity index (χ1) is 5.83. The first-order valence-corrected chi connectivity index (χ1v) is 4.03. The van der Waals surface area contributed by atoms with Crippen LogP contribution in [0.5, 0.6) is 0 Å². The Morgan fingerprint density at radius 3 is 2.83 bits per heavy atom. The Morgan fingerprint density at radius 1 is 1.42 bits per heavy atom. The monoisotopic (exact) mass is 176 g/mol. The number of hydrogen-bond donors (Lipinski definition) is 1. The summed E-state index contributed by atoms with van der Waals surface area (Å²) in [7, 11) is 0. The molecule has 0 radical (unpaired) electrons. The zero-order valence-electron chi connectivity index (χ0n) is 5.98. The standard InChI is InChI=1S/C7H4N4S/c8-3-4-5(9)6-7(12-4)11-2-1-10-6/h1-2H,9H2. The fourth-order valence-corrected chi connectivity index (χ4v) is 1.75. The lowest BCUT2D eigenvalue weighted by Gasteiger charge is -1.86. The van der Waals surface area contributed by atoms with Crippen LogP contribution in [0.15, 0.2) is 12.4 Å². The molecular formula is C7H4N4S. The summed E-state index contributed by atoms with van der Waals surface area (Å²) in [4.78, 5) is 9.25. The van der Waals surface area contributed by atoms with Crippen molar-refractivity contribution in [1.29, 1.82) is 5.26 Å². The van der Waals surface area contributed by atoms with Gasteiger partial charge in [-0.25, -0.2) is 9.97 Å². The van der Waals surface area contributed by atoms with Crippen LogP contribution in [0, 0.1) is 11.3 Å². The lowest BCUT2D eigenvalue weighted by atomic mass is 10.4. The molecule has 2 heterocycles. The minimum absolute atomic E-state index is 0.436. The average molecular weight is 176 g/mol. The van der Waals surface area contributed by atoms with Gasteiger partial charge in [-0.3, -0.25) is 0 Å². The SMILES string of the molecule is N#Cc1sc2nccnc2c1N. The molecule has 0 fully saturated rings. The molecular weight excluding hydrogens is 172 g/mol. The molecule has 12 heavy (non-hydrogen) atoms. The molecule has 5 heteroatoms. The summed E-state index contributed by atoms with van der Waals surface area (Å²) in [5.74, 6) is 0. The van der Waals surface area contributed by atoms with E-state index in [0.29, 0.717) is 20.9 Å². The second-order valence-electron chi connectivity index (χ2n) is 2.17. The third kappa shape index (κ3) is 0.822. The maximum atomic E-state index is 8.64. The van der Waals surface area contributed by atoms with E-state index in [9.17, 15) is 0 Å². The number of rotatable bonds is 0. The molecule has 4 nitrogen and oxygen atoms in total. The second-order valence-corrected chi connectivity index (χ2v) is 3.17. The van der Waals surface area contributed by atoms with Crippen molar-refractivity contribution in [2.75, 3.05) is 5.73 Å². The van der Waals surface area contributed by atoms with Gasteiger partial charge in [-0.1, -0.05) is 0 Å². The molecule has 0 unspecified atom stereocenters. The molecule has 0 bridgehead atoms. The van der Waals surface area contributed by atoms with Gasteiger partial charge in [0, 0.05) is 12.4 Å². The number of nitrogens with two attached hydrogens (primary N) is 1. The molecule has 2 aromatic heterocycles. The van der Waals surface area contributed by atoms with Crippen molar-refractivity contribution >= 4 is 27.4 Å². The van der Waals surface area contributed by atoms with Crippen LogP contribution in [0.3, 0.4) is 0 Å². The van der Waals surface area contributed by atoms with Crippen LogP contribution >= 0.6 is 11.3 Å². The van der Waals surface area contributed by atoms with Crippen molar-refractivity contribution in [1.82, 2.24) is 9.97 Å². The largest absolute Gasteiger partial charge is 0.395 e. The maximum Gasteiger partial charge on any atom is 0.145 e. The highest BCUT2D eigenvalue weighted by Gasteiger charge is 2.09. The number of nitrogens with zero attached hydrogens (tertiary/aromatic N) is 3. The fourth-order valence-electron chi connectivity index (χ4n) is 0.927. The summed E-state index contributed by atoms with van der Waals surface area (Å²) in [5, 5.41) is 8.64. The number of hydrogen-bond acceptors (Lipinski definition) is 5. The minimum atomic E-state index is 0.436. The Morgan fingerprint density at radius 2 is 2.17 bits per heavy atom. The number of nitriles is 1. The summed E-state index contributed by atoms with van der Waals surface area (Å²) in [6, 6.07) is 2.00. The van der Waals surface area contributed by atoms with Gasteiger partial charge in [-0.2, -0.15) is 5.26 Å². The molecule has 0 saturated carbocycles. The topological polar surface area (TPSA) is 75.6 Å². The van der Waals surface area contributed by atoms with Crippen LogP contribution in [0.25, 0.3) is 10.3 Å². The van der Waals surface area contributed by atoms with E-state index in [-0.39, 0.29) is 0 Å². The molecule has 0 aliphatic carbocycles. The summed E-state index contributed by atoms with van der Waals surface area (Å²) >= 11 is 1.26. The van der Waals surface area contributed by atoms with Crippen LogP contribution < -0.4 is 5.73 Å². The Labute approximate surface area is 72.3 Å². The lowest BCUT2D eigenvalue weighted by molar-refractivity contribution is 1.32. The van der Waals surface area contributed by atoms with E-state index >= 15 is 0 Å². The highest BCUT2D eigenvalue weighted by atomic mass is 32.1. The van der Waals surface area contributed by atoms with Crippen molar-refractivity contribution in [2.45, 2.75) is 0 Å². The van der Waals surface area contributed by atoms with Crippen molar-refractivity contribution in [2.24, 2.45) is 0 Å². The van der Waals surface area contributed by atoms with Gasteiger partial charge in [0.15, 0.2) is 0 Å². The first kappa shape index (κ1) is 7.00. The predicted octanol–water partition coefficient (Wildman–Crippen LogP) is 1.15. The molecule has 0 aromatic carbocycles. The summed E-state index contributed by atoms with van der Waals surface area (Å²) in [6.45, 7) is 0. The predicted molar refractivity (Wildman–Crippen MR) is 46.5 cm³/mol. The average Bonchev–Trinajstić information content (AvgIpc) is 2.44. The molecule has 0 atom stereocenters. The normalized spacial score (nSPS) is 9.92. The van der Waals surface area contributed by atoms with Gasteiger partial charge in [0.05, 0.1) is 5.69 Å². The summed E-state index contributed by atoms with van der Waals surface area (Å²) < 4.78 is 0. The van der Waals surface area contributed by atoms with E-state index in [1.54, 1.807) is 12.4 Å². The van der Waals surface area contributed by atoms with Gasteiger partial charge < -0.3 is 5.73 Å². The van der Waals surface area contributed by atoms with Crippen LogP contribution in [-0.4, -0.2) is 9.97 Å². The zero-order valence-corrected chi connectivity index (χ0v) is 6.80. The molecule has 0 spiro atoms. The quantitative estimate of drug-likeness (QED) is 0.653. The molecule has 58 valence electrons. The molecule has 0 amide bonds. The van der Waals surface area contributed by atoms with Crippen LogP contribution in [-0.2, 0) is 0 Å². The van der Waals surface area contributed by atoms with E-state index in [0.717, 1.165) is 0 Å². The van der Waals surface area contributed by atoms with Crippen molar-refractivity contribution in [3.05, 3.63) is 17.3 Å². The Hall–Kier alpha value is -1.67. The van der Waals surface area contributed by atoms with E-state index in [1.165, 1.54) is 11.3 Å². The molecule has 0 aliphatic heterocycles. The van der Waals surface area contributed by atoms with Gasteiger partial charge in [0.2, 0.25) is 0 Å². The highest BCUT2D eigenvalue weighted by molar-refractivity contribution is 7.19. The molecule has 2 N–H and O–H groups in total. The van der Waals surface area contributed by atoms with Gasteiger partial charge >= 0.3 is 0 Å². The fraction of sp³-hybridized carbons (Fsp3) is 0. The van der Waals surface area contributed by atoms with Gasteiger partial charge in [-0.05, 0) is 0 Å². The Balaban J connectivity index is 2.90. The third-order valence-electron chi connectivity index (χ3n) is 1.46. The van der Waals surface area contributed by atoms with Crippen LogP contribution in [0.4, 0.5) is 5.69 Å². The Bertz CT molecular complexity index is 468. The number of thiophene rings is 1. The molecule has 2 aromatic rings. The third-order valence-corrected chi connectivity index (χ3v) is 2.47. The van der Waals surface area contributed by atoms with Crippen molar-refractivity contribution < 1.29 is 0 Å². The molecule has 0 saturated heterocycles. The van der Waals surface area contributed by atoms with Crippen molar-refractivity contribution in [3.8, 4) is 6.07 Å². The number of anilines is 1. The van der Waals surface area contributed by atoms with Gasteiger partial charge in [0.25, 0.3) is 0 Å². The first-order valence-electron chi connectivity index (χ1n) is 3.22. The smallest absolute Gasteiger partial charge is 0.145 e. The highest BCUT2D eigenvalue weighted by Crippen LogP contribution is 2.29. The van der Waals surface area contributed by atoms with E-state index in [1.807, 2.05) is 6.07 Å². The lowest BCUT2D eigenvalue weighted by Crippen LogP contribution is -1.86. The van der Waals surface area contributed by atoms with Crippen LogP contribution in [0.2, 0.25) is 0 Å². The second kappa shape index (κ2) is 2.43. The van der Waals surface area contributed by atoms with Gasteiger partial charge in [-0.15, -0.1) is 11.3 Å². The number of nitrogen functional groups attached to an aromatic ring is 1. The maximum absolute atomic E-state index is 8.64. The number of fused-ring (bicyclic) bond motifs is 1. The molecule has 2 rings (SSSR count). The van der Waals surface area contributed by atoms with Crippen molar-refractivity contribution in [3.63, 3.8) is 0 Å². The number of aromatic nitrogens is 2. The van der Waals surface area contributed by atoms with E-state index in [2.05, 4.69) is 9.97 Å². The zero-order chi connectivity index (χ0) is 8.55.